The summed E-state index contributed by atoms with van der Waals surface area (Å²) in [4.78, 5) is 15.8. The summed E-state index contributed by atoms with van der Waals surface area (Å²) in [5, 5.41) is 0. The zero-order valence-electron chi connectivity index (χ0n) is 16.4. The van der Waals surface area contributed by atoms with Crippen molar-refractivity contribution in [2.75, 3.05) is 49.1 Å². The Labute approximate surface area is 171 Å². The first-order valence-corrected chi connectivity index (χ1v) is 10.2. The lowest BCUT2D eigenvalue weighted by Crippen LogP contribution is -2.52. The van der Waals surface area contributed by atoms with Gasteiger partial charge < -0.3 is 14.5 Å². The Kier molecular flexibility index (Phi) is 5.01. The standard InChI is InChI=1S/C23H25N5O/c1-2-6-19(7-3-1)28-18-20(29-22-9-5-4-8-21(22)28)17-26-12-14-27(15-13-26)23-16-24-10-11-25-23/h1-11,16,20H,12-15,17-18H2. The normalized spacial score (nSPS) is 19.5. The predicted molar refractivity (Wildman–Crippen MR) is 115 cm³/mol. The summed E-state index contributed by atoms with van der Waals surface area (Å²) in [7, 11) is 0. The van der Waals surface area contributed by atoms with E-state index in [1.807, 2.05) is 12.3 Å². The Bertz CT molecular complexity index is 928. The van der Waals surface area contributed by atoms with Crippen LogP contribution in [0.2, 0.25) is 0 Å². The number of ether oxygens (including phenoxy) is 1. The van der Waals surface area contributed by atoms with Gasteiger partial charge in [-0.3, -0.25) is 9.88 Å². The number of fused-ring (bicyclic) bond motifs is 1. The van der Waals surface area contributed by atoms with E-state index in [2.05, 4.69) is 73.2 Å². The number of aromatic nitrogens is 2. The number of hydrogen-bond donors (Lipinski definition) is 0. The van der Waals surface area contributed by atoms with Gasteiger partial charge in [0.15, 0.2) is 0 Å². The maximum Gasteiger partial charge on any atom is 0.147 e. The number of rotatable bonds is 4. The second kappa shape index (κ2) is 8.09. The van der Waals surface area contributed by atoms with E-state index < -0.39 is 0 Å². The summed E-state index contributed by atoms with van der Waals surface area (Å²) in [6, 6.07) is 18.9. The van der Waals surface area contributed by atoms with Gasteiger partial charge in [0.05, 0.1) is 18.4 Å². The van der Waals surface area contributed by atoms with Crippen molar-refractivity contribution >= 4 is 17.2 Å². The molecule has 6 nitrogen and oxygen atoms in total. The molecule has 0 spiro atoms. The Hall–Kier alpha value is -3.12. The molecule has 0 bridgehead atoms. The molecule has 0 aliphatic carbocycles. The Morgan fingerprint density at radius 1 is 0.897 bits per heavy atom. The maximum atomic E-state index is 6.38. The molecule has 5 rings (SSSR count). The van der Waals surface area contributed by atoms with Crippen LogP contribution in [0.15, 0.2) is 73.2 Å². The van der Waals surface area contributed by atoms with Crippen molar-refractivity contribution in [2.45, 2.75) is 6.10 Å². The van der Waals surface area contributed by atoms with Crippen LogP contribution in [0.25, 0.3) is 0 Å². The molecule has 1 saturated heterocycles. The molecule has 148 valence electrons. The molecule has 1 atom stereocenters. The molecule has 29 heavy (non-hydrogen) atoms. The summed E-state index contributed by atoms with van der Waals surface area (Å²) in [5.41, 5.74) is 2.35. The van der Waals surface area contributed by atoms with Gasteiger partial charge in [0.1, 0.15) is 17.7 Å². The molecule has 1 unspecified atom stereocenters. The summed E-state index contributed by atoms with van der Waals surface area (Å²) in [5.74, 6) is 1.93. The van der Waals surface area contributed by atoms with E-state index in [-0.39, 0.29) is 6.10 Å². The first-order chi connectivity index (χ1) is 14.4. The largest absolute Gasteiger partial charge is 0.485 e. The third kappa shape index (κ3) is 3.89. The van der Waals surface area contributed by atoms with E-state index in [1.54, 1.807) is 12.4 Å². The summed E-state index contributed by atoms with van der Waals surface area (Å²) in [6.45, 7) is 5.71. The topological polar surface area (TPSA) is 44.7 Å². The van der Waals surface area contributed by atoms with Crippen molar-refractivity contribution in [2.24, 2.45) is 0 Å². The molecule has 0 saturated carbocycles. The SMILES string of the molecule is c1ccc(N2CC(CN3CCN(c4cnccn4)CC3)Oc3ccccc32)cc1. The van der Waals surface area contributed by atoms with Crippen molar-refractivity contribution in [1.82, 2.24) is 14.9 Å². The number of anilines is 3. The molecule has 0 N–H and O–H groups in total. The van der Waals surface area contributed by atoms with Gasteiger partial charge in [-0.15, -0.1) is 0 Å². The molecule has 6 heteroatoms. The molecule has 3 heterocycles. The zero-order valence-corrected chi connectivity index (χ0v) is 16.4. The van der Waals surface area contributed by atoms with E-state index in [4.69, 9.17) is 4.74 Å². The molecule has 1 fully saturated rings. The highest BCUT2D eigenvalue weighted by Gasteiger charge is 2.29. The van der Waals surface area contributed by atoms with Crippen LogP contribution in [0.3, 0.4) is 0 Å². The average molecular weight is 387 g/mol. The zero-order chi connectivity index (χ0) is 19.5. The number of benzene rings is 2. The molecule has 0 amide bonds. The fourth-order valence-electron chi connectivity index (χ4n) is 4.15. The average Bonchev–Trinajstić information content (AvgIpc) is 2.80. The van der Waals surface area contributed by atoms with Crippen molar-refractivity contribution in [3.63, 3.8) is 0 Å². The van der Waals surface area contributed by atoms with Crippen LogP contribution in [0, 0.1) is 0 Å². The van der Waals surface area contributed by atoms with Crippen LogP contribution >= 0.6 is 0 Å². The lowest BCUT2D eigenvalue weighted by Gasteiger charge is -2.40. The van der Waals surface area contributed by atoms with Crippen LogP contribution in [0.5, 0.6) is 5.75 Å². The minimum absolute atomic E-state index is 0.133. The van der Waals surface area contributed by atoms with Crippen LogP contribution in [0.4, 0.5) is 17.2 Å². The van der Waals surface area contributed by atoms with E-state index in [0.29, 0.717) is 0 Å². The molecular weight excluding hydrogens is 362 g/mol. The van der Waals surface area contributed by atoms with Gasteiger partial charge in [0, 0.05) is 50.8 Å². The van der Waals surface area contributed by atoms with E-state index in [9.17, 15) is 0 Å². The fourth-order valence-corrected chi connectivity index (χ4v) is 4.15. The van der Waals surface area contributed by atoms with Gasteiger partial charge in [-0.2, -0.15) is 0 Å². The monoisotopic (exact) mass is 387 g/mol. The highest BCUT2D eigenvalue weighted by Crippen LogP contribution is 2.38. The van der Waals surface area contributed by atoms with Gasteiger partial charge in [-0.1, -0.05) is 30.3 Å². The summed E-state index contributed by atoms with van der Waals surface area (Å²) < 4.78 is 6.38. The third-order valence-corrected chi connectivity index (χ3v) is 5.61. The van der Waals surface area contributed by atoms with Crippen molar-refractivity contribution < 1.29 is 4.74 Å². The number of hydrogen-bond acceptors (Lipinski definition) is 6. The smallest absolute Gasteiger partial charge is 0.147 e. The number of piperazine rings is 1. The summed E-state index contributed by atoms with van der Waals surface area (Å²) in [6.07, 6.45) is 5.45. The van der Waals surface area contributed by atoms with E-state index >= 15 is 0 Å². The molecular formula is C23H25N5O. The van der Waals surface area contributed by atoms with Crippen LogP contribution in [-0.4, -0.2) is 60.2 Å². The van der Waals surface area contributed by atoms with Crippen molar-refractivity contribution in [1.29, 1.82) is 0 Å². The minimum Gasteiger partial charge on any atom is -0.485 e. The van der Waals surface area contributed by atoms with Crippen LogP contribution in [0.1, 0.15) is 0 Å². The molecule has 2 aliphatic heterocycles. The third-order valence-electron chi connectivity index (χ3n) is 5.61. The molecule has 2 aromatic carbocycles. The predicted octanol–water partition coefficient (Wildman–Crippen LogP) is 3.20. The maximum absolute atomic E-state index is 6.38. The molecule has 2 aliphatic rings. The lowest BCUT2D eigenvalue weighted by atomic mass is 10.1. The van der Waals surface area contributed by atoms with Gasteiger partial charge in [0.25, 0.3) is 0 Å². The van der Waals surface area contributed by atoms with Crippen molar-refractivity contribution in [3.8, 4) is 5.75 Å². The van der Waals surface area contributed by atoms with Gasteiger partial charge >= 0.3 is 0 Å². The van der Waals surface area contributed by atoms with Gasteiger partial charge in [-0.25, -0.2) is 4.98 Å². The highest BCUT2D eigenvalue weighted by atomic mass is 16.5. The number of nitrogens with zero attached hydrogens (tertiary/aromatic N) is 5. The van der Waals surface area contributed by atoms with Gasteiger partial charge in [0.2, 0.25) is 0 Å². The quantitative estimate of drug-likeness (QED) is 0.685. The Balaban J connectivity index is 1.27. The molecule has 1 aromatic heterocycles. The first kappa shape index (κ1) is 17.9. The fraction of sp³-hybridized carbons (Fsp3) is 0.304. The van der Waals surface area contributed by atoms with E-state index in [0.717, 1.165) is 56.5 Å². The second-order valence-electron chi connectivity index (χ2n) is 7.51. The Morgan fingerprint density at radius 3 is 2.48 bits per heavy atom. The van der Waals surface area contributed by atoms with Crippen LogP contribution in [-0.2, 0) is 0 Å². The highest BCUT2D eigenvalue weighted by molar-refractivity contribution is 5.70. The second-order valence-corrected chi connectivity index (χ2v) is 7.51. The molecule has 0 radical (unpaired) electrons. The first-order valence-electron chi connectivity index (χ1n) is 10.2. The van der Waals surface area contributed by atoms with Crippen molar-refractivity contribution in [3.05, 3.63) is 73.2 Å². The lowest BCUT2D eigenvalue weighted by molar-refractivity contribution is 0.127. The molecule has 3 aromatic rings. The van der Waals surface area contributed by atoms with Crippen LogP contribution < -0.4 is 14.5 Å². The Morgan fingerprint density at radius 2 is 1.69 bits per heavy atom. The number of para-hydroxylation sites is 3. The van der Waals surface area contributed by atoms with Gasteiger partial charge in [-0.05, 0) is 24.3 Å². The summed E-state index contributed by atoms with van der Waals surface area (Å²) >= 11 is 0. The van der Waals surface area contributed by atoms with E-state index in [1.165, 1.54) is 5.69 Å². The minimum atomic E-state index is 0.133.